The van der Waals surface area contributed by atoms with E-state index in [1.54, 1.807) is 4.52 Å². The van der Waals surface area contributed by atoms with Gasteiger partial charge in [0.1, 0.15) is 5.82 Å². The normalized spacial score (nSPS) is 17.2. The number of fused-ring (bicyclic) bond motifs is 1. The van der Waals surface area contributed by atoms with Crippen molar-refractivity contribution in [2.75, 3.05) is 30.4 Å². The standard InChI is InChI=1S/C23H26BrN7O/c1-2-19(32)29-10-8-15(9-11-29)21-20(24)22(25)31-23(28-21)18(13-27-31)16-12-26-30(14-16)17-6-4-3-5-7-17/h3-7,13-15,26H,2,8-12,25H2,1H3. The minimum atomic E-state index is 0.215. The maximum Gasteiger partial charge on any atom is 0.222 e. The molecule has 1 aromatic carbocycles. The van der Waals surface area contributed by atoms with Crippen molar-refractivity contribution in [1.82, 2.24) is 24.9 Å². The fraction of sp³-hybridized carbons (Fsp3) is 0.348. The van der Waals surface area contributed by atoms with Crippen LogP contribution in [0, 0.1) is 0 Å². The van der Waals surface area contributed by atoms with E-state index in [0.29, 0.717) is 18.8 Å². The summed E-state index contributed by atoms with van der Waals surface area (Å²) in [5.74, 6) is 1.01. The van der Waals surface area contributed by atoms with Gasteiger partial charge in [-0.2, -0.15) is 9.61 Å². The van der Waals surface area contributed by atoms with Crippen molar-refractivity contribution in [2.24, 2.45) is 0 Å². The molecule has 0 bridgehead atoms. The minimum Gasteiger partial charge on any atom is -0.383 e. The van der Waals surface area contributed by atoms with Crippen LogP contribution >= 0.6 is 15.9 Å². The predicted molar refractivity (Wildman–Crippen MR) is 129 cm³/mol. The molecular formula is C23H26BrN7O. The number of carbonyl (C=O) groups excluding carboxylic acids is 1. The number of anilines is 2. The number of nitrogens with zero attached hydrogens (tertiary/aromatic N) is 5. The van der Waals surface area contributed by atoms with E-state index >= 15 is 0 Å². The number of likely N-dealkylation sites (tertiary alicyclic amines) is 1. The highest BCUT2D eigenvalue weighted by molar-refractivity contribution is 9.10. The van der Waals surface area contributed by atoms with E-state index in [0.717, 1.165) is 58.6 Å². The zero-order valence-electron chi connectivity index (χ0n) is 18.0. The first kappa shape index (κ1) is 21.0. The van der Waals surface area contributed by atoms with Gasteiger partial charge in [-0.05, 0) is 46.5 Å². The van der Waals surface area contributed by atoms with Gasteiger partial charge >= 0.3 is 0 Å². The Balaban J connectivity index is 1.47. The first-order valence-electron chi connectivity index (χ1n) is 11.0. The van der Waals surface area contributed by atoms with Crippen molar-refractivity contribution in [1.29, 1.82) is 0 Å². The molecule has 0 atom stereocenters. The molecule has 3 aromatic rings. The van der Waals surface area contributed by atoms with E-state index < -0.39 is 0 Å². The molecule has 4 heterocycles. The van der Waals surface area contributed by atoms with Crippen LogP contribution in [0.5, 0.6) is 0 Å². The largest absolute Gasteiger partial charge is 0.383 e. The zero-order valence-corrected chi connectivity index (χ0v) is 19.5. The van der Waals surface area contributed by atoms with E-state index in [-0.39, 0.29) is 11.8 Å². The van der Waals surface area contributed by atoms with Gasteiger partial charge < -0.3 is 10.6 Å². The molecule has 2 aliphatic rings. The Morgan fingerprint density at radius 2 is 2.00 bits per heavy atom. The second-order valence-electron chi connectivity index (χ2n) is 8.19. The fourth-order valence-corrected chi connectivity index (χ4v) is 5.05. The van der Waals surface area contributed by atoms with Crippen LogP contribution < -0.4 is 16.2 Å². The lowest BCUT2D eigenvalue weighted by Gasteiger charge is -2.32. The van der Waals surface area contributed by atoms with E-state index in [2.05, 4.69) is 44.8 Å². The number of piperidine rings is 1. The number of nitrogens with two attached hydrogens (primary N) is 1. The van der Waals surface area contributed by atoms with Gasteiger partial charge in [0.05, 0.1) is 22.1 Å². The number of nitrogen functional groups attached to an aromatic ring is 1. The quantitative estimate of drug-likeness (QED) is 0.574. The third kappa shape index (κ3) is 3.65. The van der Waals surface area contributed by atoms with Crippen LogP contribution in [0.2, 0.25) is 0 Å². The number of hydrogen-bond donors (Lipinski definition) is 2. The molecule has 0 spiro atoms. The lowest BCUT2D eigenvalue weighted by molar-refractivity contribution is -0.131. The molecule has 2 aliphatic heterocycles. The van der Waals surface area contributed by atoms with Gasteiger partial charge in [0.25, 0.3) is 0 Å². The van der Waals surface area contributed by atoms with E-state index in [1.165, 1.54) is 0 Å². The maximum atomic E-state index is 12.0. The molecule has 2 aromatic heterocycles. The number of carbonyl (C=O) groups is 1. The number of amides is 1. The monoisotopic (exact) mass is 495 g/mol. The summed E-state index contributed by atoms with van der Waals surface area (Å²) in [5, 5.41) is 6.53. The van der Waals surface area contributed by atoms with E-state index in [9.17, 15) is 4.79 Å². The number of halogens is 1. The SMILES string of the molecule is CCC(=O)N1CCC(c2nc3c(C4=CN(c5ccccc5)NC4)cnn3c(N)c2Br)CC1. The average Bonchev–Trinajstić information content (AvgIpc) is 3.49. The molecule has 0 radical (unpaired) electrons. The number of rotatable bonds is 4. The summed E-state index contributed by atoms with van der Waals surface area (Å²) in [7, 11) is 0. The van der Waals surface area contributed by atoms with Crippen molar-refractivity contribution in [2.45, 2.75) is 32.1 Å². The number of hydrogen-bond acceptors (Lipinski definition) is 6. The molecule has 1 saturated heterocycles. The second-order valence-corrected chi connectivity index (χ2v) is 8.99. The lowest BCUT2D eigenvalue weighted by atomic mass is 9.93. The van der Waals surface area contributed by atoms with Crippen LogP contribution in [-0.2, 0) is 4.79 Å². The van der Waals surface area contributed by atoms with Crippen molar-refractivity contribution >= 4 is 44.6 Å². The zero-order chi connectivity index (χ0) is 22.2. The van der Waals surface area contributed by atoms with Gasteiger partial charge in [0.2, 0.25) is 5.91 Å². The number of aromatic nitrogens is 3. The Hall–Kier alpha value is -2.91. The van der Waals surface area contributed by atoms with Crippen molar-refractivity contribution in [3.63, 3.8) is 0 Å². The lowest BCUT2D eigenvalue weighted by Crippen LogP contribution is -2.37. The van der Waals surface area contributed by atoms with Gasteiger partial charge in [-0.15, -0.1) is 0 Å². The summed E-state index contributed by atoms with van der Waals surface area (Å²) in [6.45, 7) is 4.10. The highest BCUT2D eigenvalue weighted by Crippen LogP contribution is 2.36. The van der Waals surface area contributed by atoms with E-state index in [4.69, 9.17) is 10.7 Å². The third-order valence-corrected chi connectivity index (χ3v) is 7.10. The number of benzene rings is 1. The molecule has 0 unspecified atom stereocenters. The summed E-state index contributed by atoms with van der Waals surface area (Å²) >= 11 is 3.66. The molecular weight excluding hydrogens is 470 g/mol. The average molecular weight is 496 g/mol. The Kier molecular flexibility index (Phi) is 5.60. The van der Waals surface area contributed by atoms with E-state index in [1.807, 2.05) is 41.2 Å². The minimum absolute atomic E-state index is 0.215. The first-order valence-corrected chi connectivity index (χ1v) is 11.7. The molecule has 1 amide bonds. The van der Waals surface area contributed by atoms with Gasteiger partial charge in [0, 0.05) is 43.7 Å². The molecule has 0 saturated carbocycles. The molecule has 32 heavy (non-hydrogen) atoms. The smallest absolute Gasteiger partial charge is 0.222 e. The number of para-hydroxylation sites is 1. The number of nitrogens with one attached hydrogen (secondary N) is 1. The molecule has 3 N–H and O–H groups in total. The van der Waals surface area contributed by atoms with Gasteiger partial charge in [-0.3, -0.25) is 9.80 Å². The number of hydrazine groups is 1. The molecule has 0 aliphatic carbocycles. The molecule has 8 nitrogen and oxygen atoms in total. The molecule has 5 rings (SSSR count). The highest BCUT2D eigenvalue weighted by atomic mass is 79.9. The van der Waals surface area contributed by atoms with Gasteiger partial charge in [0.15, 0.2) is 5.65 Å². The summed E-state index contributed by atoms with van der Waals surface area (Å²) < 4.78 is 2.49. The van der Waals surface area contributed by atoms with Crippen LogP contribution in [-0.4, -0.2) is 45.0 Å². The molecule has 9 heteroatoms. The maximum absolute atomic E-state index is 12.0. The van der Waals surface area contributed by atoms with Crippen molar-refractivity contribution in [3.8, 4) is 0 Å². The summed E-state index contributed by atoms with van der Waals surface area (Å²) in [6.07, 6.45) is 6.22. The topological polar surface area (TPSA) is 91.8 Å². The van der Waals surface area contributed by atoms with Gasteiger partial charge in [-0.1, -0.05) is 25.1 Å². The fourth-order valence-electron chi connectivity index (χ4n) is 4.47. The van der Waals surface area contributed by atoms with Crippen LogP contribution in [0.25, 0.3) is 11.2 Å². The third-order valence-electron chi connectivity index (χ3n) is 6.29. The summed E-state index contributed by atoms with van der Waals surface area (Å²) in [5.41, 5.74) is 14.7. The molecule has 1 fully saturated rings. The van der Waals surface area contributed by atoms with Crippen molar-refractivity contribution < 1.29 is 4.79 Å². The van der Waals surface area contributed by atoms with Crippen LogP contribution in [0.3, 0.4) is 0 Å². The Bertz CT molecular complexity index is 1180. The second kappa shape index (κ2) is 8.55. The first-order chi connectivity index (χ1) is 15.6. The Morgan fingerprint density at radius 3 is 2.72 bits per heavy atom. The highest BCUT2D eigenvalue weighted by Gasteiger charge is 2.28. The van der Waals surface area contributed by atoms with Crippen LogP contribution in [0.4, 0.5) is 11.5 Å². The van der Waals surface area contributed by atoms with Gasteiger partial charge in [-0.25, -0.2) is 10.4 Å². The van der Waals surface area contributed by atoms with Crippen LogP contribution in [0.15, 0.2) is 47.2 Å². The Labute approximate surface area is 195 Å². The molecule has 166 valence electrons. The Morgan fingerprint density at radius 1 is 1.25 bits per heavy atom. The summed E-state index contributed by atoms with van der Waals surface area (Å²) in [6, 6.07) is 10.2. The van der Waals surface area contributed by atoms with Crippen molar-refractivity contribution in [3.05, 3.63) is 58.5 Å². The predicted octanol–water partition coefficient (Wildman–Crippen LogP) is 3.56. The van der Waals surface area contributed by atoms with Crippen LogP contribution in [0.1, 0.15) is 43.4 Å². The summed E-state index contributed by atoms with van der Waals surface area (Å²) in [4.78, 5) is 19.0.